The highest BCUT2D eigenvalue weighted by Gasteiger charge is 2.19. The van der Waals surface area contributed by atoms with Crippen LogP contribution < -0.4 is 5.56 Å². The number of benzene rings is 2. The maximum absolute atomic E-state index is 13.0. The fourth-order valence-corrected chi connectivity index (χ4v) is 2.52. The first-order chi connectivity index (χ1) is 10.6. The Morgan fingerprint density at radius 2 is 1.86 bits per heavy atom. The van der Waals surface area contributed by atoms with Gasteiger partial charge in [0.05, 0.1) is 5.69 Å². The number of hydrogen-bond donors (Lipinski definition) is 0. The first-order valence-electron chi connectivity index (χ1n) is 6.50. The molecule has 2 heterocycles. The van der Waals surface area contributed by atoms with Crippen LogP contribution in [0.1, 0.15) is 0 Å². The largest absolute Gasteiger partial charge is 0.436 e. The van der Waals surface area contributed by atoms with Crippen LogP contribution in [0.3, 0.4) is 0 Å². The van der Waals surface area contributed by atoms with E-state index in [-0.39, 0.29) is 17.3 Å². The molecule has 4 rings (SSSR count). The van der Waals surface area contributed by atoms with Crippen LogP contribution in [0.25, 0.3) is 28.1 Å². The van der Waals surface area contributed by atoms with Crippen LogP contribution >= 0.6 is 11.6 Å². The average Bonchev–Trinajstić information content (AvgIpc) is 2.82. The summed E-state index contributed by atoms with van der Waals surface area (Å²) in [6.45, 7) is 0. The summed E-state index contributed by atoms with van der Waals surface area (Å²) in [5.74, 6) is -0.151. The molecule has 0 saturated carbocycles. The normalized spacial score (nSPS) is 11.4. The van der Waals surface area contributed by atoms with Gasteiger partial charge in [-0.3, -0.25) is 4.79 Å². The maximum atomic E-state index is 13.0. The van der Waals surface area contributed by atoms with Crippen LogP contribution in [0.15, 0.2) is 57.7 Å². The highest BCUT2D eigenvalue weighted by atomic mass is 35.5. The minimum atomic E-state index is -0.377. The third-order valence-electron chi connectivity index (χ3n) is 3.39. The van der Waals surface area contributed by atoms with Crippen LogP contribution in [-0.2, 0) is 0 Å². The van der Waals surface area contributed by atoms with Crippen molar-refractivity contribution in [2.24, 2.45) is 0 Å². The average molecular weight is 315 g/mol. The molecular formula is C16H8ClFN2O2. The van der Waals surface area contributed by atoms with E-state index in [1.54, 1.807) is 24.3 Å². The molecule has 0 saturated heterocycles. The molecule has 0 unspecified atom stereocenters. The maximum Gasteiger partial charge on any atom is 0.284 e. The molecule has 4 nitrogen and oxygen atoms in total. The van der Waals surface area contributed by atoms with Crippen molar-refractivity contribution in [3.8, 4) is 17.1 Å². The Morgan fingerprint density at radius 3 is 2.64 bits per heavy atom. The molecule has 0 aromatic heterocycles. The summed E-state index contributed by atoms with van der Waals surface area (Å²) in [6.07, 6.45) is 0. The second-order valence-corrected chi connectivity index (χ2v) is 5.28. The molecule has 2 aliphatic rings. The number of nitrogens with zero attached hydrogens (tertiary/aromatic N) is 2. The quantitative estimate of drug-likeness (QED) is 0.536. The van der Waals surface area contributed by atoms with Crippen molar-refractivity contribution in [3.63, 3.8) is 0 Å². The summed E-state index contributed by atoms with van der Waals surface area (Å²) < 4.78 is 19.8. The zero-order valence-electron chi connectivity index (χ0n) is 11.1. The summed E-state index contributed by atoms with van der Waals surface area (Å²) in [6, 6.07) is 12.3. The summed E-state index contributed by atoms with van der Waals surface area (Å²) in [4.78, 5) is 12.5. The van der Waals surface area contributed by atoms with Gasteiger partial charge in [0.2, 0.25) is 5.89 Å². The molecule has 0 atom stereocenters. The Bertz CT molecular complexity index is 1020. The highest BCUT2D eigenvalue weighted by Crippen LogP contribution is 2.27. The second-order valence-electron chi connectivity index (χ2n) is 4.84. The van der Waals surface area contributed by atoms with Gasteiger partial charge < -0.3 is 4.42 Å². The van der Waals surface area contributed by atoms with E-state index in [1.807, 2.05) is 0 Å². The van der Waals surface area contributed by atoms with Gasteiger partial charge in [0, 0.05) is 10.4 Å². The Labute approximate surface area is 128 Å². The van der Waals surface area contributed by atoms with Gasteiger partial charge in [-0.25, -0.2) is 4.39 Å². The molecular weight excluding hydrogens is 307 g/mol. The third-order valence-corrected chi connectivity index (χ3v) is 3.63. The lowest BCUT2D eigenvalue weighted by Gasteiger charge is -2.00. The minimum Gasteiger partial charge on any atom is -0.436 e. The van der Waals surface area contributed by atoms with Gasteiger partial charge in [-0.15, -0.1) is 5.10 Å². The van der Waals surface area contributed by atoms with Gasteiger partial charge >= 0.3 is 0 Å². The van der Waals surface area contributed by atoms with E-state index in [0.717, 1.165) is 5.39 Å². The van der Waals surface area contributed by atoms with E-state index in [2.05, 4.69) is 5.10 Å². The lowest BCUT2D eigenvalue weighted by atomic mass is 10.2. The Morgan fingerprint density at radius 1 is 1.09 bits per heavy atom. The van der Waals surface area contributed by atoms with Crippen molar-refractivity contribution in [1.29, 1.82) is 0 Å². The molecule has 108 valence electrons. The summed E-state index contributed by atoms with van der Waals surface area (Å²) in [5, 5.41) is 5.44. The number of aromatic nitrogens is 2. The van der Waals surface area contributed by atoms with Crippen molar-refractivity contribution in [3.05, 3.63) is 69.7 Å². The zero-order valence-corrected chi connectivity index (χ0v) is 11.8. The third kappa shape index (κ3) is 1.98. The van der Waals surface area contributed by atoms with Crippen molar-refractivity contribution >= 4 is 22.6 Å². The van der Waals surface area contributed by atoms with E-state index in [4.69, 9.17) is 16.0 Å². The molecule has 0 fully saturated rings. The SMILES string of the molecule is O=c1c2cc3cc(Cl)ccc3oc-2nn1-c1ccc(F)cc1. The fraction of sp³-hybridized carbons (Fsp3) is 0. The van der Waals surface area contributed by atoms with Crippen molar-refractivity contribution < 1.29 is 8.81 Å². The van der Waals surface area contributed by atoms with Crippen LogP contribution in [0, 0.1) is 5.82 Å². The van der Waals surface area contributed by atoms with E-state index in [9.17, 15) is 9.18 Å². The summed E-state index contributed by atoms with van der Waals surface area (Å²) >= 11 is 5.95. The zero-order chi connectivity index (χ0) is 15.3. The molecule has 2 aromatic carbocycles. The Balaban J connectivity index is 2.00. The second kappa shape index (κ2) is 4.68. The summed E-state index contributed by atoms with van der Waals surface area (Å²) in [5.41, 5.74) is 1.08. The Hall–Kier alpha value is -2.66. The highest BCUT2D eigenvalue weighted by molar-refractivity contribution is 6.31. The van der Waals surface area contributed by atoms with Crippen molar-refractivity contribution in [2.45, 2.75) is 0 Å². The topological polar surface area (TPSA) is 48.0 Å². The Kier molecular flexibility index (Phi) is 2.77. The smallest absolute Gasteiger partial charge is 0.284 e. The van der Waals surface area contributed by atoms with Gasteiger partial charge in [0.25, 0.3) is 5.56 Å². The molecule has 0 spiro atoms. The molecule has 0 N–H and O–H groups in total. The van der Waals surface area contributed by atoms with Gasteiger partial charge in [-0.05, 0) is 48.5 Å². The minimum absolute atomic E-state index is 0.226. The van der Waals surface area contributed by atoms with Crippen molar-refractivity contribution in [1.82, 2.24) is 9.78 Å². The molecule has 2 aliphatic heterocycles. The lowest BCUT2D eigenvalue weighted by Crippen LogP contribution is -2.14. The first kappa shape index (κ1) is 13.0. The standard InChI is InChI=1S/C16H8ClFN2O2/c17-10-1-6-14-9(7-10)8-13-15(22-14)19-20(16(13)21)12-4-2-11(18)3-5-12/h1-8H. The van der Waals surface area contributed by atoms with Crippen LogP contribution in [0.5, 0.6) is 0 Å². The molecule has 6 heteroatoms. The molecule has 0 aliphatic carbocycles. The predicted octanol–water partition coefficient (Wildman–Crippen LogP) is 3.88. The van der Waals surface area contributed by atoms with Crippen LogP contribution in [0.4, 0.5) is 4.39 Å². The van der Waals surface area contributed by atoms with E-state index >= 15 is 0 Å². The predicted molar refractivity (Wildman–Crippen MR) is 81.2 cm³/mol. The number of rotatable bonds is 1. The summed E-state index contributed by atoms with van der Waals surface area (Å²) in [7, 11) is 0. The van der Waals surface area contributed by atoms with E-state index in [1.165, 1.54) is 28.9 Å². The molecule has 0 bridgehead atoms. The van der Waals surface area contributed by atoms with Gasteiger partial charge in [0.15, 0.2) is 0 Å². The molecule has 0 radical (unpaired) electrons. The molecule has 2 aromatic rings. The number of halogens is 2. The molecule has 22 heavy (non-hydrogen) atoms. The van der Waals surface area contributed by atoms with Gasteiger partial charge in [0.1, 0.15) is 17.0 Å². The first-order valence-corrected chi connectivity index (χ1v) is 6.88. The van der Waals surface area contributed by atoms with Crippen LogP contribution in [-0.4, -0.2) is 9.78 Å². The van der Waals surface area contributed by atoms with E-state index < -0.39 is 0 Å². The number of fused-ring (bicyclic) bond motifs is 2. The fourth-order valence-electron chi connectivity index (χ4n) is 2.34. The van der Waals surface area contributed by atoms with Gasteiger partial charge in [-0.2, -0.15) is 4.68 Å². The lowest BCUT2D eigenvalue weighted by molar-refractivity contribution is 0.591. The van der Waals surface area contributed by atoms with Crippen LogP contribution in [0.2, 0.25) is 5.02 Å². The monoisotopic (exact) mass is 314 g/mol. The molecule has 0 amide bonds. The van der Waals surface area contributed by atoms with Gasteiger partial charge in [-0.1, -0.05) is 11.6 Å². The number of hydrogen-bond acceptors (Lipinski definition) is 3. The van der Waals surface area contributed by atoms with Crippen molar-refractivity contribution in [2.75, 3.05) is 0 Å². The van der Waals surface area contributed by atoms with E-state index in [0.29, 0.717) is 21.9 Å².